The largest absolute Gasteiger partial charge is 0.480 e. The first-order valence-corrected chi connectivity index (χ1v) is 7.64. The molecule has 0 aliphatic heterocycles. The summed E-state index contributed by atoms with van der Waals surface area (Å²) in [5.41, 5.74) is -0.429. The molecule has 7 nitrogen and oxygen atoms in total. The van der Waals surface area contributed by atoms with Gasteiger partial charge in [-0.25, -0.2) is 13.1 Å². The Morgan fingerprint density at radius 2 is 1.67 bits per heavy atom. The minimum Gasteiger partial charge on any atom is -0.480 e. The summed E-state index contributed by atoms with van der Waals surface area (Å²) in [5, 5.41) is 10.7. The molecule has 21 heavy (non-hydrogen) atoms. The lowest BCUT2D eigenvalue weighted by molar-refractivity contribution is -0.135. The molecule has 1 aromatic carbocycles. The van der Waals surface area contributed by atoms with Crippen LogP contribution in [0.3, 0.4) is 0 Å². The monoisotopic (exact) mass is 314 g/mol. The van der Waals surface area contributed by atoms with E-state index < -0.39 is 34.0 Å². The van der Waals surface area contributed by atoms with Gasteiger partial charge in [-0.3, -0.25) is 9.59 Å². The zero-order chi connectivity index (χ0) is 16.3. The first-order chi connectivity index (χ1) is 9.51. The summed E-state index contributed by atoms with van der Waals surface area (Å²) in [6.45, 7) is 4.67. The number of carboxylic acids is 1. The number of carboxylic acid groups (broad SMARTS) is 1. The number of aliphatic carboxylic acids is 1. The predicted molar refractivity (Wildman–Crippen MR) is 76.5 cm³/mol. The van der Waals surface area contributed by atoms with E-state index in [1.54, 1.807) is 20.8 Å². The maximum Gasteiger partial charge on any atom is 0.322 e. The van der Waals surface area contributed by atoms with Gasteiger partial charge in [-0.1, -0.05) is 0 Å². The molecule has 0 aliphatic rings. The molecule has 0 spiro atoms. The maximum atomic E-state index is 12.1. The molecule has 3 N–H and O–H groups in total. The van der Waals surface area contributed by atoms with Crippen LogP contribution in [0, 0.1) is 0 Å². The van der Waals surface area contributed by atoms with Gasteiger partial charge in [0.25, 0.3) is 5.91 Å². The first-order valence-electron chi connectivity index (χ1n) is 6.15. The highest BCUT2D eigenvalue weighted by Crippen LogP contribution is 2.13. The molecule has 0 radical (unpaired) electrons. The zero-order valence-electron chi connectivity index (χ0n) is 12.0. The Hall–Kier alpha value is -1.93. The van der Waals surface area contributed by atoms with Gasteiger partial charge in [0, 0.05) is 11.1 Å². The van der Waals surface area contributed by atoms with Gasteiger partial charge in [-0.05, 0) is 45.0 Å². The molecule has 0 aliphatic carbocycles. The highest BCUT2D eigenvalue weighted by atomic mass is 32.2. The minimum atomic E-state index is -3.66. The van der Waals surface area contributed by atoms with Crippen molar-refractivity contribution in [3.05, 3.63) is 29.8 Å². The van der Waals surface area contributed by atoms with Gasteiger partial charge in [0.05, 0.1) is 4.90 Å². The fourth-order valence-corrected chi connectivity index (χ4v) is 2.92. The van der Waals surface area contributed by atoms with Crippen LogP contribution in [0.2, 0.25) is 0 Å². The smallest absolute Gasteiger partial charge is 0.322 e. The van der Waals surface area contributed by atoms with Crippen molar-refractivity contribution in [2.24, 2.45) is 0 Å². The van der Waals surface area contributed by atoms with Crippen molar-refractivity contribution in [1.29, 1.82) is 0 Å². The van der Waals surface area contributed by atoms with E-state index in [0.29, 0.717) is 0 Å². The molecule has 0 saturated heterocycles. The Balaban J connectivity index is 2.87. The van der Waals surface area contributed by atoms with Crippen molar-refractivity contribution in [3.63, 3.8) is 0 Å². The summed E-state index contributed by atoms with van der Waals surface area (Å²) in [4.78, 5) is 22.0. The van der Waals surface area contributed by atoms with E-state index in [-0.39, 0.29) is 10.5 Å². The Morgan fingerprint density at radius 1 is 1.14 bits per heavy atom. The molecule has 0 saturated carbocycles. The quantitative estimate of drug-likeness (QED) is 0.736. The zero-order valence-corrected chi connectivity index (χ0v) is 12.8. The maximum absolute atomic E-state index is 12.1. The van der Waals surface area contributed by atoms with Gasteiger partial charge in [0.15, 0.2) is 0 Å². The van der Waals surface area contributed by atoms with Crippen LogP contribution in [-0.2, 0) is 14.8 Å². The number of sulfonamides is 1. The second-order valence-electron chi connectivity index (χ2n) is 5.46. The highest BCUT2D eigenvalue weighted by molar-refractivity contribution is 7.89. The van der Waals surface area contributed by atoms with Crippen molar-refractivity contribution >= 4 is 21.9 Å². The van der Waals surface area contributed by atoms with Crippen LogP contribution in [0.1, 0.15) is 31.1 Å². The standard InChI is InChI=1S/C13H18N2O5S/c1-13(2,3)15-21(19,20)10-6-4-9(5-7-10)12(18)14-8-11(16)17/h4-7,15H,8H2,1-3H3,(H,14,18)(H,16,17). The molecule has 0 unspecified atom stereocenters. The number of nitrogens with one attached hydrogen (secondary N) is 2. The molecule has 0 fully saturated rings. The summed E-state index contributed by atoms with van der Waals surface area (Å²) in [7, 11) is -3.66. The number of hydrogen-bond acceptors (Lipinski definition) is 4. The van der Waals surface area contributed by atoms with Crippen LogP contribution in [0.15, 0.2) is 29.2 Å². The van der Waals surface area contributed by atoms with E-state index in [1.165, 1.54) is 24.3 Å². The molecule has 1 rings (SSSR count). The van der Waals surface area contributed by atoms with Crippen molar-refractivity contribution < 1.29 is 23.1 Å². The third-order valence-corrected chi connectivity index (χ3v) is 4.04. The lowest BCUT2D eigenvalue weighted by Gasteiger charge is -2.20. The SMILES string of the molecule is CC(C)(C)NS(=O)(=O)c1ccc(C(=O)NCC(=O)O)cc1. The molecule has 0 bridgehead atoms. The summed E-state index contributed by atoms with van der Waals surface area (Å²) in [6.07, 6.45) is 0. The van der Waals surface area contributed by atoms with Gasteiger partial charge < -0.3 is 10.4 Å². The van der Waals surface area contributed by atoms with E-state index in [1.807, 2.05) is 0 Å². The average molecular weight is 314 g/mol. The van der Waals surface area contributed by atoms with Crippen molar-refractivity contribution in [2.45, 2.75) is 31.2 Å². The Morgan fingerprint density at radius 3 is 2.10 bits per heavy atom. The average Bonchev–Trinajstić information content (AvgIpc) is 2.33. The Bertz CT molecular complexity index is 630. The third-order valence-electron chi connectivity index (χ3n) is 2.27. The van der Waals surface area contributed by atoms with Gasteiger partial charge >= 0.3 is 5.97 Å². The van der Waals surface area contributed by atoms with Gasteiger partial charge in [0.1, 0.15) is 6.54 Å². The lowest BCUT2D eigenvalue weighted by Crippen LogP contribution is -2.40. The highest BCUT2D eigenvalue weighted by Gasteiger charge is 2.22. The normalized spacial score (nSPS) is 12.0. The number of amides is 1. The van der Waals surface area contributed by atoms with Crippen molar-refractivity contribution in [1.82, 2.24) is 10.0 Å². The molecule has 8 heteroatoms. The summed E-state index contributed by atoms with van der Waals surface area (Å²) < 4.78 is 26.6. The minimum absolute atomic E-state index is 0.0345. The molecular weight excluding hydrogens is 296 g/mol. The van der Waals surface area contributed by atoms with E-state index >= 15 is 0 Å². The Labute approximate surface area is 123 Å². The molecular formula is C13H18N2O5S. The van der Waals surface area contributed by atoms with E-state index in [0.717, 1.165) is 0 Å². The van der Waals surface area contributed by atoms with Crippen molar-refractivity contribution in [2.75, 3.05) is 6.54 Å². The van der Waals surface area contributed by atoms with Crippen LogP contribution in [0.4, 0.5) is 0 Å². The third kappa shape index (κ3) is 5.52. The number of benzene rings is 1. The van der Waals surface area contributed by atoms with Crippen molar-refractivity contribution in [3.8, 4) is 0 Å². The van der Waals surface area contributed by atoms with Crippen LogP contribution < -0.4 is 10.0 Å². The molecule has 0 aromatic heterocycles. The van der Waals surface area contributed by atoms with E-state index in [9.17, 15) is 18.0 Å². The Kier molecular flexibility index (Phi) is 5.08. The van der Waals surface area contributed by atoms with E-state index in [4.69, 9.17) is 5.11 Å². The molecule has 1 amide bonds. The second-order valence-corrected chi connectivity index (χ2v) is 7.14. The van der Waals surface area contributed by atoms with Crippen LogP contribution in [0.5, 0.6) is 0 Å². The fourth-order valence-electron chi connectivity index (χ4n) is 1.51. The topological polar surface area (TPSA) is 113 Å². The van der Waals surface area contributed by atoms with E-state index in [2.05, 4.69) is 10.0 Å². The summed E-state index contributed by atoms with van der Waals surface area (Å²) in [5.74, 6) is -1.73. The summed E-state index contributed by atoms with van der Waals surface area (Å²) >= 11 is 0. The number of hydrogen-bond donors (Lipinski definition) is 3. The van der Waals surface area contributed by atoms with Crippen LogP contribution in [0.25, 0.3) is 0 Å². The molecule has 1 aromatic rings. The number of carbonyl (C=O) groups is 2. The van der Waals surface area contributed by atoms with Crippen LogP contribution in [-0.4, -0.2) is 37.5 Å². The predicted octanol–water partition coefficient (Wildman–Crippen LogP) is 0.578. The van der Waals surface area contributed by atoms with Gasteiger partial charge in [-0.2, -0.15) is 0 Å². The lowest BCUT2D eigenvalue weighted by atomic mass is 10.1. The van der Waals surface area contributed by atoms with Crippen LogP contribution >= 0.6 is 0 Å². The molecule has 116 valence electrons. The fraction of sp³-hybridized carbons (Fsp3) is 0.385. The number of carbonyl (C=O) groups excluding carboxylic acids is 1. The summed E-state index contributed by atoms with van der Waals surface area (Å²) in [6, 6.07) is 5.25. The molecule has 0 heterocycles. The number of rotatable bonds is 5. The van der Waals surface area contributed by atoms with Gasteiger partial charge in [0.2, 0.25) is 10.0 Å². The second kappa shape index (κ2) is 6.23. The molecule has 0 atom stereocenters. The van der Waals surface area contributed by atoms with Gasteiger partial charge in [-0.15, -0.1) is 0 Å². The first kappa shape index (κ1) is 17.1.